The maximum Gasteiger partial charge on any atom is 0.272 e. The number of nitriles is 1. The second-order valence-electron chi connectivity index (χ2n) is 3.82. The first kappa shape index (κ1) is 11.7. The van der Waals surface area contributed by atoms with Crippen molar-refractivity contribution in [3.63, 3.8) is 0 Å². The van der Waals surface area contributed by atoms with Crippen molar-refractivity contribution in [2.75, 3.05) is 0 Å². The first-order chi connectivity index (χ1) is 7.97. The molecule has 2 aromatic rings. The molecule has 0 spiro atoms. The largest absolute Gasteiger partial charge is 0.506 e. The van der Waals surface area contributed by atoms with Crippen molar-refractivity contribution < 1.29 is 5.11 Å². The minimum absolute atomic E-state index is 0.221. The normalized spacial score (nSPS) is 10.5. The quantitative estimate of drug-likeness (QED) is 0.809. The van der Waals surface area contributed by atoms with Crippen LogP contribution in [0.2, 0.25) is 0 Å². The minimum Gasteiger partial charge on any atom is -0.506 e. The van der Waals surface area contributed by atoms with Crippen molar-refractivity contribution in [3.8, 4) is 11.8 Å². The Balaban J connectivity index is 3.11. The molecule has 0 saturated carbocycles. The van der Waals surface area contributed by atoms with Crippen LogP contribution in [0, 0.1) is 18.3 Å². The molecule has 5 heteroatoms. The average Bonchev–Trinajstić information content (AvgIpc) is 2.30. The Morgan fingerprint density at radius 3 is 2.71 bits per heavy atom. The molecule has 1 aromatic carbocycles. The third-order valence-corrected chi connectivity index (χ3v) is 3.61. The minimum atomic E-state index is -0.492. The molecule has 2 rings (SSSR count). The van der Waals surface area contributed by atoms with Crippen LogP contribution in [0.3, 0.4) is 0 Å². The van der Waals surface area contributed by atoms with E-state index >= 15 is 0 Å². The Labute approximate surface area is 106 Å². The van der Waals surface area contributed by atoms with E-state index in [2.05, 4.69) is 15.9 Å². The van der Waals surface area contributed by atoms with E-state index in [-0.39, 0.29) is 11.3 Å². The molecule has 1 N–H and O–H groups in total. The Kier molecular flexibility index (Phi) is 2.68. The van der Waals surface area contributed by atoms with Crippen molar-refractivity contribution in [2.45, 2.75) is 6.92 Å². The molecular weight excluding hydrogens is 284 g/mol. The molecule has 0 bridgehead atoms. The van der Waals surface area contributed by atoms with E-state index in [1.165, 1.54) is 4.57 Å². The second-order valence-corrected chi connectivity index (χ2v) is 4.67. The fourth-order valence-corrected chi connectivity index (χ4v) is 2.08. The highest BCUT2D eigenvalue weighted by Gasteiger charge is 2.15. The smallest absolute Gasteiger partial charge is 0.272 e. The topological polar surface area (TPSA) is 66.0 Å². The summed E-state index contributed by atoms with van der Waals surface area (Å²) in [5.41, 5.74) is 0.800. The number of pyridine rings is 1. The van der Waals surface area contributed by atoms with Crippen LogP contribution in [0.5, 0.6) is 5.75 Å². The highest BCUT2D eigenvalue weighted by molar-refractivity contribution is 9.10. The van der Waals surface area contributed by atoms with Crippen LogP contribution in [0.15, 0.2) is 21.4 Å². The van der Waals surface area contributed by atoms with Gasteiger partial charge in [-0.05, 0) is 24.6 Å². The third kappa shape index (κ3) is 1.61. The Morgan fingerprint density at radius 1 is 1.47 bits per heavy atom. The summed E-state index contributed by atoms with van der Waals surface area (Å²) in [6.45, 7) is 1.88. The maximum absolute atomic E-state index is 11.8. The van der Waals surface area contributed by atoms with Crippen molar-refractivity contribution in [2.24, 2.45) is 7.05 Å². The number of aromatic hydroxyl groups is 1. The van der Waals surface area contributed by atoms with E-state index in [9.17, 15) is 9.90 Å². The molecule has 0 aliphatic rings. The van der Waals surface area contributed by atoms with Gasteiger partial charge in [-0.1, -0.05) is 15.9 Å². The van der Waals surface area contributed by atoms with Gasteiger partial charge in [0, 0.05) is 16.9 Å². The number of halogens is 1. The zero-order chi connectivity index (χ0) is 12.7. The molecule has 0 aliphatic heterocycles. The molecule has 0 unspecified atom stereocenters. The molecule has 0 amide bonds. The third-order valence-electron chi connectivity index (χ3n) is 2.76. The van der Waals surface area contributed by atoms with Gasteiger partial charge in [-0.25, -0.2) is 0 Å². The van der Waals surface area contributed by atoms with Gasteiger partial charge < -0.3 is 9.67 Å². The zero-order valence-electron chi connectivity index (χ0n) is 9.28. The SMILES string of the molecule is Cc1cc2c(O)c(C#N)c(=O)n(C)c2cc1Br. The first-order valence-electron chi connectivity index (χ1n) is 4.89. The van der Waals surface area contributed by atoms with E-state index in [0.717, 1.165) is 10.0 Å². The van der Waals surface area contributed by atoms with Gasteiger partial charge in [0.05, 0.1) is 5.52 Å². The van der Waals surface area contributed by atoms with Crippen LogP contribution < -0.4 is 5.56 Å². The lowest BCUT2D eigenvalue weighted by Gasteiger charge is -2.10. The lowest BCUT2D eigenvalue weighted by molar-refractivity contribution is 0.477. The van der Waals surface area contributed by atoms with E-state index in [1.807, 2.05) is 6.92 Å². The summed E-state index contributed by atoms with van der Waals surface area (Å²) in [4.78, 5) is 11.8. The van der Waals surface area contributed by atoms with Gasteiger partial charge in [-0.3, -0.25) is 4.79 Å². The van der Waals surface area contributed by atoms with E-state index < -0.39 is 5.56 Å². The number of nitrogens with zero attached hydrogens (tertiary/aromatic N) is 2. The Morgan fingerprint density at radius 2 is 2.12 bits per heavy atom. The predicted molar refractivity (Wildman–Crippen MR) is 68.0 cm³/mol. The van der Waals surface area contributed by atoms with Crippen LogP contribution in [0.4, 0.5) is 0 Å². The molecule has 1 heterocycles. The Hall–Kier alpha value is -1.80. The molecular formula is C12H9BrN2O2. The number of fused-ring (bicyclic) bond motifs is 1. The van der Waals surface area contributed by atoms with E-state index in [0.29, 0.717) is 10.9 Å². The van der Waals surface area contributed by atoms with Crippen LogP contribution in [0.25, 0.3) is 10.9 Å². The summed E-state index contributed by atoms with van der Waals surface area (Å²) in [6, 6.07) is 5.24. The summed E-state index contributed by atoms with van der Waals surface area (Å²) in [5, 5.41) is 19.3. The lowest BCUT2D eigenvalue weighted by Crippen LogP contribution is -2.20. The maximum atomic E-state index is 11.8. The van der Waals surface area contributed by atoms with E-state index in [1.54, 1.807) is 25.2 Å². The van der Waals surface area contributed by atoms with Gasteiger partial charge in [-0.2, -0.15) is 5.26 Å². The van der Waals surface area contributed by atoms with Crippen molar-refractivity contribution in [1.29, 1.82) is 5.26 Å². The van der Waals surface area contributed by atoms with Crippen LogP contribution in [0.1, 0.15) is 11.1 Å². The fourth-order valence-electron chi connectivity index (χ4n) is 1.75. The lowest BCUT2D eigenvalue weighted by atomic mass is 10.1. The van der Waals surface area contributed by atoms with Crippen molar-refractivity contribution >= 4 is 26.8 Å². The number of rotatable bonds is 0. The van der Waals surface area contributed by atoms with Crippen molar-refractivity contribution in [3.05, 3.63) is 38.1 Å². The number of benzene rings is 1. The zero-order valence-corrected chi connectivity index (χ0v) is 10.9. The number of hydrogen-bond donors (Lipinski definition) is 1. The molecule has 0 aliphatic carbocycles. The van der Waals surface area contributed by atoms with Gasteiger partial charge in [0.1, 0.15) is 11.8 Å². The van der Waals surface area contributed by atoms with E-state index in [4.69, 9.17) is 5.26 Å². The number of aryl methyl sites for hydroxylation is 2. The molecule has 0 saturated heterocycles. The summed E-state index contributed by atoms with van der Waals surface area (Å²) < 4.78 is 2.21. The predicted octanol–water partition coefficient (Wildman–Crippen LogP) is 2.19. The molecule has 86 valence electrons. The Bertz CT molecular complexity index is 726. The van der Waals surface area contributed by atoms with Gasteiger partial charge in [0.15, 0.2) is 5.56 Å². The van der Waals surface area contributed by atoms with Crippen LogP contribution in [-0.4, -0.2) is 9.67 Å². The highest BCUT2D eigenvalue weighted by atomic mass is 79.9. The van der Waals surface area contributed by atoms with Crippen LogP contribution in [-0.2, 0) is 7.05 Å². The summed E-state index contributed by atoms with van der Waals surface area (Å²) >= 11 is 3.37. The molecule has 17 heavy (non-hydrogen) atoms. The molecule has 4 nitrogen and oxygen atoms in total. The number of aromatic nitrogens is 1. The average molecular weight is 293 g/mol. The van der Waals surface area contributed by atoms with Gasteiger partial charge in [0.25, 0.3) is 5.56 Å². The summed E-state index contributed by atoms with van der Waals surface area (Å²) in [6.07, 6.45) is 0. The molecule has 0 radical (unpaired) electrons. The fraction of sp³-hybridized carbons (Fsp3) is 0.167. The second kappa shape index (κ2) is 3.90. The molecule has 0 atom stereocenters. The highest BCUT2D eigenvalue weighted by Crippen LogP contribution is 2.30. The van der Waals surface area contributed by atoms with Gasteiger partial charge in [-0.15, -0.1) is 0 Å². The molecule has 1 aromatic heterocycles. The van der Waals surface area contributed by atoms with Crippen molar-refractivity contribution in [1.82, 2.24) is 4.57 Å². The van der Waals surface area contributed by atoms with Gasteiger partial charge in [0.2, 0.25) is 0 Å². The molecule has 0 fully saturated rings. The first-order valence-corrected chi connectivity index (χ1v) is 5.68. The number of hydrogen-bond acceptors (Lipinski definition) is 3. The summed E-state index contributed by atoms with van der Waals surface area (Å²) in [5.74, 6) is -0.249. The monoisotopic (exact) mass is 292 g/mol. The van der Waals surface area contributed by atoms with Crippen LogP contribution >= 0.6 is 15.9 Å². The standard InChI is InChI=1S/C12H9BrN2O2/c1-6-3-7-10(4-9(6)13)15(2)12(17)8(5-14)11(7)16/h3-4,16H,1-2H3. The summed E-state index contributed by atoms with van der Waals surface area (Å²) in [7, 11) is 1.58. The van der Waals surface area contributed by atoms with Gasteiger partial charge >= 0.3 is 0 Å².